The van der Waals surface area contributed by atoms with Gasteiger partial charge in [-0.2, -0.15) is 4.31 Å². The van der Waals surface area contributed by atoms with E-state index in [0.29, 0.717) is 0 Å². The molecule has 0 unspecified atom stereocenters. The van der Waals surface area contributed by atoms with Crippen molar-refractivity contribution in [2.45, 2.75) is 31.3 Å². The van der Waals surface area contributed by atoms with E-state index in [1.807, 2.05) is 0 Å². The molecule has 0 aliphatic carbocycles. The van der Waals surface area contributed by atoms with Crippen molar-refractivity contribution in [1.82, 2.24) is 9.62 Å². The molecule has 0 aromatic heterocycles. The van der Waals surface area contributed by atoms with Crippen molar-refractivity contribution in [2.24, 2.45) is 0 Å². The van der Waals surface area contributed by atoms with Crippen molar-refractivity contribution in [1.29, 1.82) is 0 Å². The van der Waals surface area contributed by atoms with E-state index in [1.165, 1.54) is 25.2 Å². The molecule has 24 heavy (non-hydrogen) atoms. The van der Waals surface area contributed by atoms with E-state index in [0.717, 1.165) is 10.4 Å². The SMILES string of the molecule is CN(CCNC(=O)OC(C)(C)C)S(=O)(=O)c1ccccc1[N+](=O)[O-]. The Kier molecular flexibility index (Phi) is 6.27. The standard InChI is InChI=1S/C14H21N3O6S/c1-14(2,3)23-13(18)15-9-10-16(4)24(21,22)12-8-6-5-7-11(12)17(19)20/h5-8H,9-10H2,1-4H3,(H,15,18). The van der Waals surface area contributed by atoms with Gasteiger partial charge in [-0.25, -0.2) is 13.2 Å². The fraction of sp³-hybridized carbons (Fsp3) is 0.500. The van der Waals surface area contributed by atoms with E-state index >= 15 is 0 Å². The number of nitro benzene ring substituents is 1. The van der Waals surface area contributed by atoms with Crippen LogP contribution >= 0.6 is 0 Å². The third kappa shape index (κ3) is 5.46. The smallest absolute Gasteiger partial charge is 0.407 e. The van der Waals surface area contributed by atoms with Crippen LogP contribution in [0.5, 0.6) is 0 Å². The molecule has 10 heteroatoms. The van der Waals surface area contributed by atoms with Crippen LogP contribution in [0.15, 0.2) is 29.2 Å². The van der Waals surface area contributed by atoms with Crippen molar-refractivity contribution >= 4 is 21.8 Å². The van der Waals surface area contributed by atoms with Gasteiger partial charge in [0, 0.05) is 26.2 Å². The third-order valence-electron chi connectivity index (χ3n) is 2.85. The maximum absolute atomic E-state index is 12.4. The van der Waals surface area contributed by atoms with E-state index in [-0.39, 0.29) is 13.1 Å². The fourth-order valence-electron chi connectivity index (χ4n) is 1.74. The molecule has 0 aliphatic heterocycles. The van der Waals surface area contributed by atoms with Gasteiger partial charge in [0.2, 0.25) is 10.0 Å². The lowest BCUT2D eigenvalue weighted by atomic mass is 10.2. The molecule has 0 bridgehead atoms. The molecule has 0 spiro atoms. The molecule has 1 N–H and O–H groups in total. The van der Waals surface area contributed by atoms with Crippen molar-refractivity contribution in [3.8, 4) is 0 Å². The maximum Gasteiger partial charge on any atom is 0.407 e. The molecule has 1 amide bonds. The van der Waals surface area contributed by atoms with Crippen LogP contribution in [0.3, 0.4) is 0 Å². The number of nitrogens with zero attached hydrogens (tertiary/aromatic N) is 2. The summed E-state index contributed by atoms with van der Waals surface area (Å²) >= 11 is 0. The first-order chi connectivity index (χ1) is 10.9. The molecular weight excluding hydrogens is 338 g/mol. The minimum Gasteiger partial charge on any atom is -0.444 e. The van der Waals surface area contributed by atoms with Crippen LogP contribution in [-0.2, 0) is 14.8 Å². The summed E-state index contributed by atoms with van der Waals surface area (Å²) in [6.07, 6.45) is -0.668. The number of ether oxygens (including phenoxy) is 1. The van der Waals surface area contributed by atoms with Gasteiger partial charge in [0.15, 0.2) is 4.90 Å². The Morgan fingerprint density at radius 3 is 2.46 bits per heavy atom. The number of carbonyl (C=O) groups excluding carboxylic acids is 1. The Balaban J connectivity index is 2.76. The van der Waals surface area contributed by atoms with Gasteiger partial charge in [0.25, 0.3) is 5.69 Å². The summed E-state index contributed by atoms with van der Waals surface area (Å²) in [7, 11) is -2.77. The second kappa shape index (κ2) is 7.58. The topological polar surface area (TPSA) is 119 Å². The predicted molar refractivity (Wildman–Crippen MR) is 87.1 cm³/mol. The minimum atomic E-state index is -4.05. The average molecular weight is 359 g/mol. The zero-order chi connectivity index (χ0) is 18.5. The number of nitrogens with one attached hydrogen (secondary N) is 1. The number of hydrogen-bond acceptors (Lipinski definition) is 6. The molecule has 0 saturated carbocycles. The summed E-state index contributed by atoms with van der Waals surface area (Å²) < 4.78 is 30.8. The number of benzene rings is 1. The van der Waals surface area contributed by atoms with Crippen LogP contribution in [0.2, 0.25) is 0 Å². The second-order valence-corrected chi connectivity index (χ2v) is 7.99. The molecular formula is C14H21N3O6S. The molecule has 0 aliphatic rings. The van der Waals surface area contributed by atoms with Gasteiger partial charge in [-0.1, -0.05) is 12.1 Å². The zero-order valence-electron chi connectivity index (χ0n) is 14.0. The summed E-state index contributed by atoms with van der Waals surface area (Å²) in [5, 5.41) is 13.4. The van der Waals surface area contributed by atoms with Gasteiger partial charge in [-0.3, -0.25) is 10.1 Å². The van der Waals surface area contributed by atoms with Crippen molar-refractivity contribution < 1.29 is 22.9 Å². The highest BCUT2D eigenvalue weighted by atomic mass is 32.2. The number of alkyl carbamates (subject to hydrolysis) is 1. The van der Waals surface area contributed by atoms with E-state index in [9.17, 15) is 23.3 Å². The number of hydrogen-bond donors (Lipinski definition) is 1. The number of likely N-dealkylation sites (N-methyl/N-ethyl adjacent to an activating group) is 1. The molecule has 1 aromatic carbocycles. The van der Waals surface area contributed by atoms with Crippen molar-refractivity contribution in [2.75, 3.05) is 20.1 Å². The summed E-state index contributed by atoms with van der Waals surface area (Å²) in [4.78, 5) is 21.3. The lowest BCUT2D eigenvalue weighted by Gasteiger charge is -2.21. The first-order valence-electron chi connectivity index (χ1n) is 7.12. The summed E-state index contributed by atoms with van der Waals surface area (Å²) in [5.41, 5.74) is -1.16. The Morgan fingerprint density at radius 1 is 1.33 bits per heavy atom. The van der Waals surface area contributed by atoms with Crippen LogP contribution in [0.4, 0.5) is 10.5 Å². The van der Waals surface area contributed by atoms with Crippen molar-refractivity contribution in [3.63, 3.8) is 0 Å². The first-order valence-corrected chi connectivity index (χ1v) is 8.56. The fourth-order valence-corrected chi connectivity index (χ4v) is 3.07. The molecule has 9 nitrogen and oxygen atoms in total. The highest BCUT2D eigenvalue weighted by molar-refractivity contribution is 7.89. The van der Waals surface area contributed by atoms with Crippen LogP contribution in [-0.4, -0.2) is 49.5 Å². The van der Waals surface area contributed by atoms with Crippen LogP contribution in [0.25, 0.3) is 0 Å². The van der Waals surface area contributed by atoms with E-state index < -0.39 is 37.2 Å². The summed E-state index contributed by atoms with van der Waals surface area (Å²) in [6.45, 7) is 5.06. The Labute approximate surface area is 140 Å². The van der Waals surface area contributed by atoms with Crippen molar-refractivity contribution in [3.05, 3.63) is 34.4 Å². The number of para-hydroxylation sites is 1. The highest BCUT2D eigenvalue weighted by Crippen LogP contribution is 2.25. The predicted octanol–water partition coefficient (Wildman–Crippen LogP) is 1.74. The molecule has 134 valence electrons. The molecule has 1 rings (SSSR count). The maximum atomic E-state index is 12.4. The third-order valence-corrected chi connectivity index (χ3v) is 4.75. The van der Waals surface area contributed by atoms with Crippen LogP contribution < -0.4 is 5.32 Å². The number of carbonyl (C=O) groups is 1. The molecule has 0 atom stereocenters. The van der Waals surface area contributed by atoms with Crippen LogP contribution in [0, 0.1) is 10.1 Å². The molecule has 1 aromatic rings. The average Bonchev–Trinajstić information content (AvgIpc) is 2.45. The molecule has 0 radical (unpaired) electrons. The van der Waals surface area contributed by atoms with Gasteiger partial charge >= 0.3 is 6.09 Å². The molecule has 0 saturated heterocycles. The number of nitro groups is 1. The van der Waals surface area contributed by atoms with Gasteiger partial charge in [-0.05, 0) is 26.8 Å². The number of rotatable bonds is 6. The van der Waals surface area contributed by atoms with Gasteiger partial charge in [0.05, 0.1) is 4.92 Å². The monoisotopic (exact) mass is 359 g/mol. The number of amides is 1. The lowest BCUT2D eigenvalue weighted by Crippen LogP contribution is -2.38. The molecule has 0 fully saturated rings. The zero-order valence-corrected chi connectivity index (χ0v) is 14.8. The lowest BCUT2D eigenvalue weighted by molar-refractivity contribution is -0.387. The Bertz CT molecular complexity index is 711. The molecule has 0 heterocycles. The van der Waals surface area contributed by atoms with E-state index in [1.54, 1.807) is 20.8 Å². The van der Waals surface area contributed by atoms with Gasteiger partial charge in [0.1, 0.15) is 5.60 Å². The highest BCUT2D eigenvalue weighted by Gasteiger charge is 2.29. The first kappa shape index (κ1) is 19.8. The number of sulfonamides is 1. The van der Waals surface area contributed by atoms with E-state index in [2.05, 4.69) is 5.32 Å². The van der Waals surface area contributed by atoms with Gasteiger partial charge in [-0.15, -0.1) is 0 Å². The largest absolute Gasteiger partial charge is 0.444 e. The van der Waals surface area contributed by atoms with Gasteiger partial charge < -0.3 is 10.1 Å². The van der Waals surface area contributed by atoms with E-state index in [4.69, 9.17) is 4.74 Å². The van der Waals surface area contributed by atoms with Crippen LogP contribution in [0.1, 0.15) is 20.8 Å². The Morgan fingerprint density at radius 2 is 1.92 bits per heavy atom. The minimum absolute atomic E-state index is 0.00523. The summed E-state index contributed by atoms with van der Waals surface area (Å²) in [5.74, 6) is 0. The second-order valence-electron chi connectivity index (χ2n) is 5.98. The summed E-state index contributed by atoms with van der Waals surface area (Å²) in [6, 6.07) is 5.10. The normalized spacial score (nSPS) is 12.0. The Hall–Kier alpha value is -2.20. The quantitative estimate of drug-likeness (QED) is 0.610.